The van der Waals surface area contributed by atoms with Crippen LogP contribution in [0.1, 0.15) is 54.4 Å². The van der Waals surface area contributed by atoms with Crippen LogP contribution in [0.4, 0.5) is 0 Å². The van der Waals surface area contributed by atoms with Crippen LogP contribution in [0.25, 0.3) is 5.57 Å². The molecule has 1 nitrogen and oxygen atoms in total. The second-order valence-corrected chi connectivity index (χ2v) is 9.31. The fraction of sp³-hybridized carbons (Fsp3) is 0.462. The van der Waals surface area contributed by atoms with Crippen molar-refractivity contribution in [2.24, 2.45) is 5.92 Å². The Hall–Kier alpha value is -1.86. The van der Waals surface area contributed by atoms with Crippen molar-refractivity contribution in [3.05, 3.63) is 76.9 Å². The fourth-order valence-corrected chi connectivity index (χ4v) is 5.57. The van der Waals surface area contributed by atoms with Crippen LogP contribution in [-0.2, 0) is 0 Å². The number of allylic oxidation sites excluding steroid dienone is 1. The van der Waals surface area contributed by atoms with Gasteiger partial charge in [0.15, 0.2) is 0 Å². The number of piperidine rings is 2. The van der Waals surface area contributed by atoms with E-state index in [1.54, 1.807) is 0 Å². The number of benzene rings is 2. The molecule has 4 rings (SSSR count). The van der Waals surface area contributed by atoms with Crippen LogP contribution in [0.5, 0.6) is 0 Å². The molecule has 142 valence electrons. The van der Waals surface area contributed by atoms with Crippen LogP contribution in [0.15, 0.2) is 54.6 Å². The van der Waals surface area contributed by atoms with Crippen molar-refractivity contribution in [1.29, 1.82) is 0 Å². The van der Waals surface area contributed by atoms with Gasteiger partial charge in [-0.3, -0.25) is 0 Å². The molecule has 1 heteroatoms. The van der Waals surface area contributed by atoms with E-state index in [-0.39, 0.29) is 0 Å². The van der Waals surface area contributed by atoms with Crippen LogP contribution >= 0.6 is 0 Å². The Morgan fingerprint density at radius 3 is 1.78 bits per heavy atom. The number of hydrogen-bond acceptors (Lipinski definition) is 0. The number of aryl methyl sites for hydroxylation is 2. The quantitative estimate of drug-likeness (QED) is 0.577. The largest absolute Gasteiger partial charge is 0.324 e. The number of fused-ring (bicyclic) bond motifs is 2. The molecule has 0 aromatic heterocycles. The third kappa shape index (κ3) is 3.50. The van der Waals surface area contributed by atoms with E-state index in [9.17, 15) is 0 Å². The summed E-state index contributed by atoms with van der Waals surface area (Å²) in [5.41, 5.74) is 6.99. The molecular weight excluding hydrogens is 326 g/mol. The summed E-state index contributed by atoms with van der Waals surface area (Å²) < 4.78 is 1.24. The van der Waals surface area contributed by atoms with Crippen molar-refractivity contribution in [2.75, 3.05) is 14.1 Å². The summed E-state index contributed by atoms with van der Waals surface area (Å²) >= 11 is 0. The monoisotopic (exact) mass is 360 g/mol. The van der Waals surface area contributed by atoms with Crippen molar-refractivity contribution in [3.8, 4) is 0 Å². The average Bonchev–Trinajstić information content (AvgIpc) is 2.61. The van der Waals surface area contributed by atoms with Gasteiger partial charge in [0, 0.05) is 12.8 Å². The standard InChI is InChI=1S/C26H34N/c1-19-10-5-7-14-24(19)26(25-15-8-6-11-20(25)2)18-21-16-22-12-9-13-23(17-21)27(22,3)4/h5-8,10-11,14-15,18,21-23H,9,12-13,16-17H2,1-4H3/q+1/t21?,22-,23+. The molecule has 2 bridgehead atoms. The highest BCUT2D eigenvalue weighted by atomic mass is 15.4. The van der Waals surface area contributed by atoms with Gasteiger partial charge in [0.1, 0.15) is 0 Å². The van der Waals surface area contributed by atoms with Gasteiger partial charge in [-0.1, -0.05) is 54.6 Å². The summed E-state index contributed by atoms with van der Waals surface area (Å²) in [6, 6.07) is 19.4. The van der Waals surface area contributed by atoms with E-state index in [2.05, 4.69) is 82.5 Å². The van der Waals surface area contributed by atoms with E-state index in [0.29, 0.717) is 5.92 Å². The third-order valence-electron chi connectivity index (χ3n) is 7.38. The smallest absolute Gasteiger partial charge is 0.0894 e. The molecule has 0 amide bonds. The molecule has 0 radical (unpaired) electrons. The lowest BCUT2D eigenvalue weighted by Gasteiger charge is -2.53. The molecular formula is C26H34N+. The van der Waals surface area contributed by atoms with Crippen LogP contribution in [-0.4, -0.2) is 30.7 Å². The summed E-state index contributed by atoms with van der Waals surface area (Å²) in [5.74, 6) is 0.695. The van der Waals surface area contributed by atoms with Crippen molar-refractivity contribution in [2.45, 2.75) is 58.0 Å². The van der Waals surface area contributed by atoms with Gasteiger partial charge in [-0.15, -0.1) is 0 Å². The second kappa shape index (κ2) is 7.28. The Bertz CT molecular complexity index is 781. The van der Waals surface area contributed by atoms with Crippen LogP contribution in [0.2, 0.25) is 0 Å². The van der Waals surface area contributed by atoms with Crippen LogP contribution < -0.4 is 0 Å². The molecule has 0 N–H and O–H groups in total. The lowest BCUT2D eigenvalue weighted by molar-refractivity contribution is -0.950. The number of rotatable bonds is 3. The molecule has 3 atom stereocenters. The summed E-state index contributed by atoms with van der Waals surface area (Å²) in [7, 11) is 4.94. The van der Waals surface area contributed by atoms with Gasteiger partial charge in [-0.2, -0.15) is 0 Å². The molecule has 1 unspecified atom stereocenters. The summed E-state index contributed by atoms with van der Waals surface area (Å²) in [6.07, 6.45) is 9.54. The Balaban J connectivity index is 1.76. The van der Waals surface area contributed by atoms with Crippen LogP contribution in [0, 0.1) is 19.8 Å². The number of quaternary nitrogens is 1. The first-order valence-electron chi connectivity index (χ1n) is 10.6. The first kappa shape index (κ1) is 18.5. The topological polar surface area (TPSA) is 0 Å². The summed E-state index contributed by atoms with van der Waals surface area (Å²) in [5, 5.41) is 0. The van der Waals surface area contributed by atoms with Crippen molar-refractivity contribution in [1.82, 2.24) is 0 Å². The minimum absolute atomic E-state index is 0.695. The zero-order chi connectivity index (χ0) is 19.0. The zero-order valence-electron chi connectivity index (χ0n) is 17.4. The Morgan fingerprint density at radius 2 is 1.30 bits per heavy atom. The molecule has 0 spiro atoms. The van der Waals surface area contributed by atoms with Gasteiger partial charge < -0.3 is 4.48 Å². The first-order valence-corrected chi connectivity index (χ1v) is 10.6. The first-order chi connectivity index (χ1) is 13.0. The SMILES string of the molecule is Cc1ccccc1C(=CC1C[C@H]2CCC[C@@H](C1)[N+]2(C)C)c1ccccc1C. The molecule has 2 aromatic carbocycles. The molecule has 27 heavy (non-hydrogen) atoms. The van der Waals surface area contributed by atoms with E-state index < -0.39 is 0 Å². The lowest BCUT2D eigenvalue weighted by atomic mass is 9.75. The van der Waals surface area contributed by atoms with Gasteiger partial charge in [-0.25, -0.2) is 0 Å². The normalized spacial score (nSPS) is 26.4. The van der Waals surface area contributed by atoms with Gasteiger partial charge in [0.2, 0.25) is 0 Å². The van der Waals surface area contributed by atoms with Gasteiger partial charge in [0.05, 0.1) is 26.2 Å². The minimum atomic E-state index is 0.695. The predicted molar refractivity (Wildman–Crippen MR) is 116 cm³/mol. The van der Waals surface area contributed by atoms with E-state index in [4.69, 9.17) is 0 Å². The van der Waals surface area contributed by atoms with E-state index >= 15 is 0 Å². The van der Waals surface area contributed by atoms with Crippen LogP contribution in [0.3, 0.4) is 0 Å². The van der Waals surface area contributed by atoms with Gasteiger partial charge in [-0.05, 0) is 66.9 Å². The molecule has 2 aromatic rings. The maximum Gasteiger partial charge on any atom is 0.0894 e. The number of hydrogen-bond donors (Lipinski definition) is 0. The fourth-order valence-electron chi connectivity index (χ4n) is 5.57. The maximum absolute atomic E-state index is 2.63. The van der Waals surface area contributed by atoms with Crippen molar-refractivity contribution >= 4 is 5.57 Å². The predicted octanol–water partition coefficient (Wildman–Crippen LogP) is 6.14. The summed E-state index contributed by atoms with van der Waals surface area (Å²) in [6.45, 7) is 4.49. The van der Waals surface area contributed by atoms with Gasteiger partial charge in [0.25, 0.3) is 0 Å². The Kier molecular flexibility index (Phi) is 4.99. The van der Waals surface area contributed by atoms with Gasteiger partial charge >= 0.3 is 0 Å². The third-order valence-corrected chi connectivity index (χ3v) is 7.38. The second-order valence-electron chi connectivity index (χ2n) is 9.31. The van der Waals surface area contributed by atoms with E-state index in [1.165, 1.54) is 64.4 Å². The van der Waals surface area contributed by atoms with Crippen molar-refractivity contribution in [3.63, 3.8) is 0 Å². The maximum atomic E-state index is 2.63. The molecule has 0 aliphatic carbocycles. The molecule has 2 heterocycles. The minimum Gasteiger partial charge on any atom is -0.324 e. The highest BCUT2D eigenvalue weighted by Crippen LogP contribution is 2.42. The van der Waals surface area contributed by atoms with E-state index in [0.717, 1.165) is 12.1 Å². The zero-order valence-corrected chi connectivity index (χ0v) is 17.4. The molecule has 0 saturated carbocycles. The highest BCUT2D eigenvalue weighted by molar-refractivity contribution is 5.82. The average molecular weight is 361 g/mol. The lowest BCUT2D eigenvalue weighted by Crippen LogP contribution is -2.61. The Morgan fingerprint density at radius 1 is 0.815 bits per heavy atom. The molecule has 2 fully saturated rings. The van der Waals surface area contributed by atoms with Crippen molar-refractivity contribution < 1.29 is 4.48 Å². The number of nitrogens with zero attached hydrogens (tertiary/aromatic N) is 1. The highest BCUT2D eigenvalue weighted by Gasteiger charge is 2.45. The van der Waals surface area contributed by atoms with E-state index in [1.807, 2.05) is 0 Å². The Labute approximate surface area is 165 Å². The summed E-state index contributed by atoms with van der Waals surface area (Å²) in [4.78, 5) is 0. The molecule has 2 aliphatic heterocycles. The molecule has 2 aliphatic rings. The molecule has 2 saturated heterocycles.